The molecule has 1 aromatic heterocycles. The van der Waals surface area contributed by atoms with Gasteiger partial charge in [-0.1, -0.05) is 6.92 Å². The summed E-state index contributed by atoms with van der Waals surface area (Å²) in [5, 5.41) is 9.46. The maximum atomic E-state index is 9.46. The molecule has 0 radical (unpaired) electrons. The van der Waals surface area contributed by atoms with Crippen molar-refractivity contribution >= 4 is 0 Å². The minimum absolute atomic E-state index is 0.0222. The molecule has 1 aliphatic heterocycles. The number of aliphatic hydroxyl groups is 1. The van der Waals surface area contributed by atoms with Gasteiger partial charge in [-0.25, -0.2) is 0 Å². The smallest absolute Gasteiger partial charge is 0.123 e. The molecule has 0 bridgehead atoms. The van der Waals surface area contributed by atoms with E-state index in [1.165, 1.54) is 0 Å². The minimum atomic E-state index is 0.0222. The van der Waals surface area contributed by atoms with E-state index in [1.807, 2.05) is 12.1 Å². The van der Waals surface area contributed by atoms with Gasteiger partial charge in [-0.3, -0.25) is 4.90 Å². The van der Waals surface area contributed by atoms with E-state index < -0.39 is 0 Å². The monoisotopic (exact) mass is 224 g/mol. The highest BCUT2D eigenvalue weighted by Crippen LogP contribution is 2.21. The van der Waals surface area contributed by atoms with Gasteiger partial charge in [-0.15, -0.1) is 0 Å². The summed E-state index contributed by atoms with van der Waals surface area (Å²) in [5.74, 6) is 0.868. The number of furan rings is 1. The van der Waals surface area contributed by atoms with Crippen molar-refractivity contribution in [2.45, 2.75) is 13.0 Å². The van der Waals surface area contributed by atoms with Crippen molar-refractivity contribution in [1.29, 1.82) is 0 Å². The molecule has 0 aromatic carbocycles. The van der Waals surface area contributed by atoms with Gasteiger partial charge < -0.3 is 14.4 Å². The number of hydrogen-bond donors (Lipinski definition) is 1. The number of rotatable bonds is 4. The Morgan fingerprint density at radius 3 is 2.62 bits per heavy atom. The van der Waals surface area contributed by atoms with Crippen LogP contribution in [0.2, 0.25) is 0 Å². The highest BCUT2D eigenvalue weighted by molar-refractivity contribution is 5.05. The van der Waals surface area contributed by atoms with Gasteiger partial charge in [0.05, 0.1) is 18.9 Å². The third kappa shape index (κ3) is 2.45. The Hall–Kier alpha value is -0.840. The standard InChI is InChI=1S/C12H20N2O2/c1-2-13-5-7-14(8-6-13)11(10-15)12-4-3-9-16-12/h3-4,9,11,15H,2,5-8,10H2,1H3. The molecule has 1 unspecified atom stereocenters. The maximum absolute atomic E-state index is 9.46. The van der Waals surface area contributed by atoms with Crippen molar-refractivity contribution in [2.75, 3.05) is 39.3 Å². The first-order valence-electron chi connectivity index (χ1n) is 5.95. The molecule has 4 nitrogen and oxygen atoms in total. The molecular weight excluding hydrogens is 204 g/mol. The van der Waals surface area contributed by atoms with Gasteiger partial charge in [0.2, 0.25) is 0 Å². The Kier molecular flexibility index (Phi) is 3.98. The summed E-state index contributed by atoms with van der Waals surface area (Å²) in [5.41, 5.74) is 0. The number of nitrogens with zero attached hydrogens (tertiary/aromatic N) is 2. The molecule has 1 fully saturated rings. The molecule has 2 heterocycles. The van der Waals surface area contributed by atoms with Crippen LogP contribution in [-0.4, -0.2) is 54.2 Å². The summed E-state index contributed by atoms with van der Waals surface area (Å²) >= 11 is 0. The molecule has 90 valence electrons. The van der Waals surface area contributed by atoms with E-state index in [1.54, 1.807) is 6.26 Å². The van der Waals surface area contributed by atoms with Gasteiger partial charge in [-0.05, 0) is 18.7 Å². The van der Waals surface area contributed by atoms with Crippen molar-refractivity contribution in [3.63, 3.8) is 0 Å². The molecule has 2 rings (SSSR count). The fraction of sp³-hybridized carbons (Fsp3) is 0.667. The van der Waals surface area contributed by atoms with Crippen molar-refractivity contribution in [3.05, 3.63) is 24.2 Å². The second-order valence-electron chi connectivity index (χ2n) is 4.18. The van der Waals surface area contributed by atoms with E-state index in [0.29, 0.717) is 0 Å². The summed E-state index contributed by atoms with van der Waals surface area (Å²) in [7, 11) is 0. The number of hydrogen-bond acceptors (Lipinski definition) is 4. The molecule has 0 saturated carbocycles. The quantitative estimate of drug-likeness (QED) is 0.826. The van der Waals surface area contributed by atoms with E-state index in [4.69, 9.17) is 4.42 Å². The zero-order valence-electron chi connectivity index (χ0n) is 9.80. The summed E-state index contributed by atoms with van der Waals surface area (Å²) in [6.45, 7) is 7.57. The van der Waals surface area contributed by atoms with Crippen LogP contribution in [0.15, 0.2) is 22.8 Å². The first-order valence-corrected chi connectivity index (χ1v) is 5.95. The van der Waals surface area contributed by atoms with Gasteiger partial charge in [0.25, 0.3) is 0 Å². The number of aliphatic hydroxyl groups excluding tert-OH is 1. The second-order valence-corrected chi connectivity index (χ2v) is 4.18. The van der Waals surface area contributed by atoms with Crippen LogP contribution in [0.5, 0.6) is 0 Å². The average Bonchev–Trinajstić information content (AvgIpc) is 2.85. The molecule has 1 aliphatic rings. The number of likely N-dealkylation sites (N-methyl/N-ethyl adjacent to an activating group) is 1. The predicted molar refractivity (Wildman–Crippen MR) is 62.2 cm³/mol. The van der Waals surface area contributed by atoms with E-state index >= 15 is 0 Å². The van der Waals surface area contributed by atoms with E-state index in [9.17, 15) is 5.11 Å². The first-order chi connectivity index (χ1) is 7.85. The largest absolute Gasteiger partial charge is 0.468 e. The lowest BCUT2D eigenvalue weighted by molar-refractivity contribution is 0.0570. The van der Waals surface area contributed by atoms with Crippen molar-refractivity contribution < 1.29 is 9.52 Å². The Bertz CT molecular complexity index is 292. The van der Waals surface area contributed by atoms with E-state index in [-0.39, 0.29) is 12.6 Å². The number of piperazine rings is 1. The van der Waals surface area contributed by atoms with E-state index in [0.717, 1.165) is 38.5 Å². The Morgan fingerprint density at radius 2 is 2.12 bits per heavy atom. The first kappa shape index (κ1) is 11.6. The van der Waals surface area contributed by atoms with Crippen molar-refractivity contribution in [1.82, 2.24) is 9.80 Å². The van der Waals surface area contributed by atoms with E-state index in [2.05, 4.69) is 16.7 Å². The Balaban J connectivity index is 1.96. The molecule has 1 saturated heterocycles. The molecule has 0 aliphatic carbocycles. The average molecular weight is 224 g/mol. The van der Waals surface area contributed by atoms with Crippen LogP contribution < -0.4 is 0 Å². The summed E-state index contributed by atoms with van der Waals surface area (Å²) < 4.78 is 5.38. The molecule has 1 N–H and O–H groups in total. The van der Waals surface area contributed by atoms with Gasteiger partial charge in [0.1, 0.15) is 5.76 Å². The molecular formula is C12H20N2O2. The summed E-state index contributed by atoms with van der Waals surface area (Å²) in [6, 6.07) is 3.84. The molecule has 4 heteroatoms. The lowest BCUT2D eigenvalue weighted by Crippen LogP contribution is -2.48. The zero-order chi connectivity index (χ0) is 11.4. The Labute approximate surface area is 96.5 Å². The lowest BCUT2D eigenvalue weighted by atomic mass is 10.1. The van der Waals surface area contributed by atoms with Crippen LogP contribution in [-0.2, 0) is 0 Å². The van der Waals surface area contributed by atoms with Gasteiger partial charge >= 0.3 is 0 Å². The highest BCUT2D eigenvalue weighted by Gasteiger charge is 2.25. The molecule has 1 atom stereocenters. The highest BCUT2D eigenvalue weighted by atomic mass is 16.3. The topological polar surface area (TPSA) is 39.9 Å². The van der Waals surface area contributed by atoms with Crippen LogP contribution in [0.25, 0.3) is 0 Å². The van der Waals surface area contributed by atoms with Crippen LogP contribution in [0, 0.1) is 0 Å². The van der Waals surface area contributed by atoms with Crippen LogP contribution in [0.1, 0.15) is 18.7 Å². The van der Waals surface area contributed by atoms with Crippen LogP contribution in [0.4, 0.5) is 0 Å². The third-order valence-corrected chi connectivity index (χ3v) is 3.34. The van der Waals surface area contributed by atoms with Gasteiger partial charge in [0.15, 0.2) is 0 Å². The normalized spacial score (nSPS) is 21.1. The predicted octanol–water partition coefficient (Wildman–Crippen LogP) is 0.950. The molecule has 1 aromatic rings. The second kappa shape index (κ2) is 5.48. The fourth-order valence-corrected chi connectivity index (χ4v) is 2.26. The molecule has 16 heavy (non-hydrogen) atoms. The van der Waals surface area contributed by atoms with Gasteiger partial charge in [0, 0.05) is 26.2 Å². The van der Waals surface area contributed by atoms with Gasteiger partial charge in [-0.2, -0.15) is 0 Å². The summed E-state index contributed by atoms with van der Waals surface area (Å²) in [4.78, 5) is 4.72. The molecule has 0 spiro atoms. The van der Waals surface area contributed by atoms with Crippen molar-refractivity contribution in [2.24, 2.45) is 0 Å². The summed E-state index contributed by atoms with van der Waals surface area (Å²) in [6.07, 6.45) is 1.67. The lowest BCUT2D eigenvalue weighted by Gasteiger charge is -2.37. The third-order valence-electron chi connectivity index (χ3n) is 3.34. The maximum Gasteiger partial charge on any atom is 0.123 e. The van der Waals surface area contributed by atoms with Crippen LogP contribution >= 0.6 is 0 Å². The minimum Gasteiger partial charge on any atom is -0.468 e. The fourth-order valence-electron chi connectivity index (χ4n) is 2.26. The van der Waals surface area contributed by atoms with Crippen LogP contribution in [0.3, 0.4) is 0 Å². The zero-order valence-corrected chi connectivity index (χ0v) is 9.80. The molecule has 0 amide bonds. The Morgan fingerprint density at radius 1 is 1.38 bits per heavy atom. The van der Waals surface area contributed by atoms with Crippen molar-refractivity contribution in [3.8, 4) is 0 Å². The SMILES string of the molecule is CCN1CCN(C(CO)c2ccco2)CC1.